The molecule has 10 heteroatoms. The Morgan fingerprint density at radius 2 is 2.06 bits per heavy atom. The van der Waals surface area contributed by atoms with E-state index in [1.807, 2.05) is 0 Å². The summed E-state index contributed by atoms with van der Waals surface area (Å²) < 4.78 is 24.8. The number of carbonyl (C=O) groups is 1. The van der Waals surface area contributed by atoms with Gasteiger partial charge in [0.25, 0.3) is 11.6 Å². The molecule has 3 aromatic rings. The molecule has 1 aromatic heterocycles. The summed E-state index contributed by atoms with van der Waals surface area (Å²) in [6.07, 6.45) is 1.91. The molecule has 1 amide bonds. The van der Waals surface area contributed by atoms with Crippen LogP contribution in [0.2, 0.25) is 5.02 Å². The predicted octanol–water partition coefficient (Wildman–Crippen LogP) is 4.74. The molecule has 8 nitrogen and oxygen atoms in total. The number of nitro benzene ring substituents is 1. The second-order valence-corrected chi connectivity index (χ2v) is 7.12. The number of carbonyl (C=O) groups excluding carboxylic acids is 1. The smallest absolute Gasteiger partial charge is 0.281 e. The SMILES string of the molecule is O=C(COc1ccc([N+](=O)[O-])cc1F)N1N=C(c2ccc(Cl)cc2)CC1c1ccco1. The molecular formula is C21H15ClFN3O5. The van der Waals surface area contributed by atoms with E-state index in [1.54, 1.807) is 36.4 Å². The molecule has 0 N–H and O–H groups in total. The molecule has 0 saturated carbocycles. The number of hydrogen-bond acceptors (Lipinski definition) is 6. The van der Waals surface area contributed by atoms with Gasteiger partial charge in [-0.2, -0.15) is 5.10 Å². The second kappa shape index (κ2) is 8.57. The van der Waals surface area contributed by atoms with Crippen molar-refractivity contribution in [3.8, 4) is 5.75 Å². The van der Waals surface area contributed by atoms with Gasteiger partial charge in [0, 0.05) is 17.5 Å². The third-order valence-corrected chi connectivity index (χ3v) is 4.94. The Morgan fingerprint density at radius 1 is 1.29 bits per heavy atom. The highest BCUT2D eigenvalue weighted by molar-refractivity contribution is 6.30. The molecule has 1 unspecified atom stereocenters. The highest BCUT2D eigenvalue weighted by atomic mass is 35.5. The molecule has 4 rings (SSSR count). The number of nitrogens with zero attached hydrogens (tertiary/aromatic N) is 3. The Labute approximate surface area is 180 Å². The monoisotopic (exact) mass is 443 g/mol. The van der Waals surface area contributed by atoms with Crippen LogP contribution in [0.5, 0.6) is 5.75 Å². The molecular weight excluding hydrogens is 429 g/mol. The van der Waals surface area contributed by atoms with Gasteiger partial charge in [-0.3, -0.25) is 14.9 Å². The molecule has 0 bridgehead atoms. The summed E-state index contributed by atoms with van der Waals surface area (Å²) in [4.78, 5) is 22.8. The molecule has 1 aliphatic heterocycles. The lowest BCUT2D eigenvalue weighted by Gasteiger charge is -2.20. The van der Waals surface area contributed by atoms with Crippen molar-refractivity contribution in [2.45, 2.75) is 12.5 Å². The maximum absolute atomic E-state index is 14.0. The Balaban J connectivity index is 1.53. The van der Waals surface area contributed by atoms with E-state index in [1.165, 1.54) is 11.3 Å². The molecule has 158 valence electrons. The minimum absolute atomic E-state index is 0.269. The van der Waals surface area contributed by atoms with Crippen LogP contribution in [0, 0.1) is 15.9 Å². The van der Waals surface area contributed by atoms with E-state index in [4.69, 9.17) is 20.8 Å². The van der Waals surface area contributed by atoms with Crippen molar-refractivity contribution in [2.75, 3.05) is 6.61 Å². The predicted molar refractivity (Wildman–Crippen MR) is 109 cm³/mol. The average molecular weight is 444 g/mol. The van der Waals surface area contributed by atoms with Crippen molar-refractivity contribution < 1.29 is 23.3 Å². The van der Waals surface area contributed by atoms with Crippen LogP contribution in [0.3, 0.4) is 0 Å². The van der Waals surface area contributed by atoms with Crippen molar-refractivity contribution in [3.05, 3.63) is 93.1 Å². The van der Waals surface area contributed by atoms with Gasteiger partial charge in [0.1, 0.15) is 11.8 Å². The van der Waals surface area contributed by atoms with Crippen molar-refractivity contribution in [1.29, 1.82) is 0 Å². The van der Waals surface area contributed by atoms with E-state index in [0.29, 0.717) is 22.9 Å². The second-order valence-electron chi connectivity index (χ2n) is 6.69. The van der Waals surface area contributed by atoms with Crippen LogP contribution in [0.15, 0.2) is 70.4 Å². The number of hydrogen-bond donors (Lipinski definition) is 0. The maximum atomic E-state index is 14.0. The molecule has 31 heavy (non-hydrogen) atoms. The summed E-state index contributed by atoms with van der Waals surface area (Å²) in [7, 11) is 0. The molecule has 2 aromatic carbocycles. The third-order valence-electron chi connectivity index (χ3n) is 4.69. The maximum Gasteiger partial charge on any atom is 0.281 e. The van der Waals surface area contributed by atoms with Gasteiger partial charge in [0.2, 0.25) is 0 Å². The van der Waals surface area contributed by atoms with Gasteiger partial charge in [-0.15, -0.1) is 0 Å². The highest BCUT2D eigenvalue weighted by Gasteiger charge is 2.35. The summed E-state index contributed by atoms with van der Waals surface area (Å²) in [5.41, 5.74) is 1.05. The summed E-state index contributed by atoms with van der Waals surface area (Å²) in [6, 6.07) is 13.0. The van der Waals surface area contributed by atoms with Crippen molar-refractivity contribution in [2.24, 2.45) is 5.10 Å². The van der Waals surface area contributed by atoms with Crippen LogP contribution in [-0.4, -0.2) is 28.2 Å². The summed E-state index contributed by atoms with van der Waals surface area (Å²) in [6.45, 7) is -0.511. The van der Waals surface area contributed by atoms with Crippen LogP contribution in [0.25, 0.3) is 0 Å². The van der Waals surface area contributed by atoms with Crippen molar-refractivity contribution in [1.82, 2.24) is 5.01 Å². The lowest BCUT2D eigenvalue weighted by Crippen LogP contribution is -2.31. The standard InChI is InChI=1S/C21H15ClFN3O5/c22-14-5-3-13(4-6-14)17-11-18(20-2-1-9-30-20)25(24-17)21(27)12-31-19-8-7-15(26(28)29)10-16(19)23/h1-10,18H,11-12H2. The zero-order valence-electron chi connectivity index (χ0n) is 15.9. The van der Waals surface area contributed by atoms with Crippen LogP contribution >= 0.6 is 11.6 Å². The Morgan fingerprint density at radius 3 is 2.71 bits per heavy atom. The Hall–Kier alpha value is -3.72. The van der Waals surface area contributed by atoms with Gasteiger partial charge < -0.3 is 9.15 Å². The van der Waals surface area contributed by atoms with E-state index < -0.39 is 35.0 Å². The van der Waals surface area contributed by atoms with Crippen LogP contribution in [-0.2, 0) is 4.79 Å². The zero-order chi connectivity index (χ0) is 22.0. The lowest BCUT2D eigenvalue weighted by atomic mass is 10.0. The Bertz CT molecular complexity index is 1150. The van der Waals surface area contributed by atoms with E-state index in [-0.39, 0.29) is 5.75 Å². The number of halogens is 2. The van der Waals surface area contributed by atoms with E-state index in [0.717, 1.165) is 23.8 Å². The average Bonchev–Trinajstić information content (AvgIpc) is 3.43. The molecule has 0 saturated heterocycles. The number of furan rings is 1. The van der Waals surface area contributed by atoms with Gasteiger partial charge in [-0.05, 0) is 35.9 Å². The number of non-ortho nitro benzene ring substituents is 1. The molecule has 0 radical (unpaired) electrons. The molecule has 1 atom stereocenters. The fourth-order valence-corrected chi connectivity index (χ4v) is 3.31. The molecule has 0 aliphatic carbocycles. The minimum Gasteiger partial charge on any atom is -0.481 e. The van der Waals surface area contributed by atoms with E-state index in [2.05, 4.69) is 5.10 Å². The van der Waals surface area contributed by atoms with Crippen LogP contribution in [0.4, 0.5) is 10.1 Å². The highest BCUT2D eigenvalue weighted by Crippen LogP contribution is 2.33. The van der Waals surface area contributed by atoms with E-state index >= 15 is 0 Å². The first-order valence-corrected chi connectivity index (χ1v) is 9.56. The number of rotatable bonds is 6. The van der Waals surface area contributed by atoms with Crippen molar-refractivity contribution in [3.63, 3.8) is 0 Å². The van der Waals surface area contributed by atoms with E-state index in [9.17, 15) is 19.3 Å². The zero-order valence-corrected chi connectivity index (χ0v) is 16.7. The lowest BCUT2D eigenvalue weighted by molar-refractivity contribution is -0.385. The van der Waals surface area contributed by atoms with Gasteiger partial charge >= 0.3 is 0 Å². The fraction of sp³-hybridized carbons (Fsp3) is 0.143. The summed E-state index contributed by atoms with van der Waals surface area (Å²) in [5.74, 6) is -1.18. The molecule has 2 heterocycles. The Kier molecular flexibility index (Phi) is 5.68. The molecule has 0 fully saturated rings. The van der Waals surface area contributed by atoms with Gasteiger partial charge in [-0.1, -0.05) is 23.7 Å². The number of hydrazone groups is 1. The normalized spacial score (nSPS) is 15.6. The molecule has 0 spiro atoms. The number of nitro groups is 1. The number of amides is 1. The van der Waals surface area contributed by atoms with Crippen LogP contribution in [0.1, 0.15) is 23.8 Å². The molecule has 1 aliphatic rings. The first-order chi connectivity index (χ1) is 14.9. The van der Waals surface area contributed by atoms with Gasteiger partial charge in [0.05, 0.1) is 23.0 Å². The largest absolute Gasteiger partial charge is 0.481 e. The van der Waals surface area contributed by atoms with Crippen LogP contribution < -0.4 is 4.74 Å². The third kappa shape index (κ3) is 4.41. The number of benzene rings is 2. The quantitative estimate of drug-likeness (QED) is 0.405. The van der Waals surface area contributed by atoms with Gasteiger partial charge in [0.15, 0.2) is 18.2 Å². The van der Waals surface area contributed by atoms with Gasteiger partial charge in [-0.25, -0.2) is 9.40 Å². The number of ether oxygens (including phenoxy) is 1. The topological polar surface area (TPSA) is 98.2 Å². The van der Waals surface area contributed by atoms with Crippen molar-refractivity contribution >= 4 is 28.9 Å². The first kappa shape index (κ1) is 20.5. The minimum atomic E-state index is -0.934. The summed E-state index contributed by atoms with van der Waals surface area (Å²) in [5, 5.41) is 17.0. The first-order valence-electron chi connectivity index (χ1n) is 9.18. The fourth-order valence-electron chi connectivity index (χ4n) is 3.19. The summed E-state index contributed by atoms with van der Waals surface area (Å²) >= 11 is 5.94.